The summed E-state index contributed by atoms with van der Waals surface area (Å²) in [6.45, 7) is 8.16. The van der Waals surface area contributed by atoms with E-state index in [2.05, 4.69) is 53.4 Å². The van der Waals surface area contributed by atoms with Gasteiger partial charge < -0.3 is 9.74 Å². The summed E-state index contributed by atoms with van der Waals surface area (Å²) in [5, 5.41) is 0. The maximum Gasteiger partial charge on any atom is 0.351 e. The van der Waals surface area contributed by atoms with Crippen LogP contribution in [0.25, 0.3) is 5.57 Å². The Hall–Kier alpha value is -2.34. The van der Waals surface area contributed by atoms with Crippen molar-refractivity contribution in [1.82, 2.24) is 10.4 Å². The topological polar surface area (TPSA) is 61.9 Å². The molecule has 6 nitrogen and oxygen atoms in total. The van der Waals surface area contributed by atoms with Crippen molar-refractivity contribution >= 4 is 23.1 Å². The van der Waals surface area contributed by atoms with Crippen LogP contribution in [0.5, 0.6) is 0 Å². The number of benzene rings is 1. The van der Waals surface area contributed by atoms with Crippen LogP contribution in [0.15, 0.2) is 24.3 Å². The van der Waals surface area contributed by atoms with E-state index in [1.807, 2.05) is 0 Å². The van der Waals surface area contributed by atoms with Crippen LogP contribution in [0.1, 0.15) is 57.1 Å². The number of nitrogens with zero attached hydrogens (tertiary/aromatic N) is 2. The predicted octanol–water partition coefficient (Wildman–Crippen LogP) is 2.84. The Kier molecular flexibility index (Phi) is 5.15. The average Bonchev–Trinajstić information content (AvgIpc) is 2.94. The van der Waals surface area contributed by atoms with Gasteiger partial charge in [0.1, 0.15) is 6.54 Å². The van der Waals surface area contributed by atoms with Gasteiger partial charge in [-0.15, -0.1) is 0 Å². The van der Waals surface area contributed by atoms with Crippen molar-refractivity contribution in [3.63, 3.8) is 0 Å². The molecule has 0 fully saturated rings. The SMILES string of the molecule is CCCN1CCC=C2c3cccc4c3C(C[C@H]21)C(C)N4CC(=O)ONC(C)=O. The Morgan fingerprint density at radius 2 is 2.14 bits per heavy atom. The zero-order valence-electron chi connectivity index (χ0n) is 16.9. The maximum atomic E-state index is 12.2. The van der Waals surface area contributed by atoms with Crippen LogP contribution in [-0.4, -0.2) is 48.5 Å². The first kappa shape index (κ1) is 19.0. The minimum atomic E-state index is -0.442. The first-order valence-corrected chi connectivity index (χ1v) is 10.3. The second-order valence-electron chi connectivity index (χ2n) is 8.08. The molecule has 150 valence electrons. The van der Waals surface area contributed by atoms with E-state index in [4.69, 9.17) is 4.84 Å². The number of nitrogens with one attached hydrogen (secondary N) is 1. The van der Waals surface area contributed by atoms with E-state index in [0.29, 0.717) is 12.0 Å². The summed E-state index contributed by atoms with van der Waals surface area (Å²) in [7, 11) is 0. The van der Waals surface area contributed by atoms with E-state index >= 15 is 0 Å². The first-order valence-electron chi connectivity index (χ1n) is 10.3. The normalized spacial score (nSPS) is 25.6. The fraction of sp³-hybridized carbons (Fsp3) is 0.545. The molecule has 28 heavy (non-hydrogen) atoms. The zero-order valence-corrected chi connectivity index (χ0v) is 16.9. The minimum absolute atomic E-state index is 0.136. The highest BCUT2D eigenvalue weighted by molar-refractivity contribution is 5.85. The second kappa shape index (κ2) is 7.59. The van der Waals surface area contributed by atoms with Gasteiger partial charge in [-0.3, -0.25) is 9.69 Å². The lowest BCUT2D eigenvalue weighted by molar-refractivity contribution is -0.156. The van der Waals surface area contributed by atoms with E-state index in [0.717, 1.165) is 38.0 Å². The van der Waals surface area contributed by atoms with Crippen LogP contribution < -0.4 is 10.4 Å². The van der Waals surface area contributed by atoms with E-state index < -0.39 is 5.97 Å². The maximum absolute atomic E-state index is 12.2. The Morgan fingerprint density at radius 1 is 1.32 bits per heavy atom. The lowest BCUT2D eigenvalue weighted by Crippen LogP contribution is -2.44. The standard InChI is InChI=1S/C22H29N3O3/c1-4-10-24-11-6-8-16-17-7-5-9-19-22(17)18(12-20(16)24)14(2)25(19)13-21(27)28-23-15(3)26/h5,7-9,14,18,20H,4,6,10-13H2,1-3H3,(H,23,26)/t14?,18?,20-/m1/s1. The molecule has 1 amide bonds. The number of hydrogen-bond donors (Lipinski definition) is 1. The minimum Gasteiger partial charge on any atom is -0.357 e. The van der Waals surface area contributed by atoms with Gasteiger partial charge in [-0.25, -0.2) is 4.79 Å². The number of hydrogen-bond acceptors (Lipinski definition) is 5. The van der Waals surface area contributed by atoms with Crippen molar-refractivity contribution in [1.29, 1.82) is 0 Å². The smallest absolute Gasteiger partial charge is 0.351 e. The summed E-state index contributed by atoms with van der Waals surface area (Å²) in [4.78, 5) is 32.9. The van der Waals surface area contributed by atoms with Crippen molar-refractivity contribution < 1.29 is 14.4 Å². The third-order valence-corrected chi connectivity index (χ3v) is 6.32. The van der Waals surface area contributed by atoms with Crippen molar-refractivity contribution in [2.24, 2.45) is 0 Å². The molecular formula is C22H29N3O3. The van der Waals surface area contributed by atoms with Gasteiger partial charge in [0, 0.05) is 37.2 Å². The number of carbonyl (C=O) groups is 2. The van der Waals surface area contributed by atoms with Crippen molar-refractivity contribution in [2.45, 2.75) is 58.0 Å². The van der Waals surface area contributed by atoms with Gasteiger partial charge in [-0.05, 0) is 55.5 Å². The van der Waals surface area contributed by atoms with Gasteiger partial charge in [-0.2, -0.15) is 5.48 Å². The summed E-state index contributed by atoms with van der Waals surface area (Å²) in [6.07, 6.45) is 5.77. The van der Waals surface area contributed by atoms with E-state index in [9.17, 15) is 9.59 Å². The van der Waals surface area contributed by atoms with Gasteiger partial charge in [0.2, 0.25) is 5.91 Å². The summed E-state index contributed by atoms with van der Waals surface area (Å²) in [5.41, 5.74) is 7.45. The molecule has 0 saturated heterocycles. The first-order chi connectivity index (χ1) is 13.5. The van der Waals surface area contributed by atoms with Gasteiger partial charge in [0.15, 0.2) is 0 Å². The number of amides is 1. The summed E-state index contributed by atoms with van der Waals surface area (Å²) in [5.74, 6) is -0.421. The van der Waals surface area contributed by atoms with E-state index in [-0.39, 0.29) is 18.5 Å². The number of carbonyl (C=O) groups excluding carboxylic acids is 2. The second-order valence-corrected chi connectivity index (χ2v) is 8.08. The third kappa shape index (κ3) is 3.20. The van der Waals surface area contributed by atoms with Crippen molar-refractivity contribution in [2.75, 3.05) is 24.5 Å². The molecule has 1 aromatic rings. The van der Waals surface area contributed by atoms with Crippen molar-refractivity contribution in [3.05, 3.63) is 35.4 Å². The molecule has 6 heteroatoms. The molecule has 4 rings (SSSR count). The van der Waals surface area contributed by atoms with Gasteiger partial charge >= 0.3 is 5.97 Å². The van der Waals surface area contributed by atoms with Crippen LogP contribution in [0.4, 0.5) is 5.69 Å². The lowest BCUT2D eigenvalue weighted by Gasteiger charge is -2.42. The van der Waals surface area contributed by atoms with Gasteiger partial charge in [0.25, 0.3) is 0 Å². The molecule has 2 aliphatic heterocycles. The predicted molar refractivity (Wildman–Crippen MR) is 109 cm³/mol. The number of fused-ring (bicyclic) bond motifs is 2. The lowest BCUT2D eigenvalue weighted by atomic mass is 9.74. The molecule has 1 aliphatic carbocycles. The molecule has 2 unspecified atom stereocenters. The number of anilines is 1. The van der Waals surface area contributed by atoms with Gasteiger partial charge in [-0.1, -0.05) is 25.1 Å². The highest BCUT2D eigenvalue weighted by Gasteiger charge is 2.45. The largest absolute Gasteiger partial charge is 0.357 e. The van der Waals surface area contributed by atoms with Crippen molar-refractivity contribution in [3.8, 4) is 0 Å². The van der Waals surface area contributed by atoms with Crippen LogP contribution in [-0.2, 0) is 14.4 Å². The molecule has 1 aromatic carbocycles. The molecule has 0 radical (unpaired) electrons. The quantitative estimate of drug-likeness (QED) is 0.810. The summed E-state index contributed by atoms with van der Waals surface area (Å²) in [6, 6.07) is 7.13. The molecule has 0 bridgehead atoms. The Balaban J connectivity index is 1.64. The Morgan fingerprint density at radius 3 is 2.89 bits per heavy atom. The fourth-order valence-corrected chi connectivity index (χ4v) is 5.20. The zero-order chi connectivity index (χ0) is 19.8. The molecule has 1 N–H and O–H groups in total. The average molecular weight is 383 g/mol. The fourth-order valence-electron chi connectivity index (χ4n) is 5.20. The molecule has 3 atom stereocenters. The number of hydroxylamine groups is 1. The number of rotatable bonds is 4. The van der Waals surface area contributed by atoms with Gasteiger partial charge in [0.05, 0.1) is 0 Å². The summed E-state index contributed by atoms with van der Waals surface area (Å²) < 4.78 is 0. The van der Waals surface area contributed by atoms with Crippen LogP contribution in [0.3, 0.4) is 0 Å². The molecule has 0 aromatic heterocycles. The van der Waals surface area contributed by atoms with E-state index in [1.165, 1.54) is 23.6 Å². The molecule has 0 spiro atoms. The monoisotopic (exact) mass is 383 g/mol. The van der Waals surface area contributed by atoms with Crippen LogP contribution >= 0.6 is 0 Å². The molecule has 0 saturated carbocycles. The molecule has 3 aliphatic rings. The third-order valence-electron chi connectivity index (χ3n) is 6.32. The van der Waals surface area contributed by atoms with Crippen LogP contribution in [0.2, 0.25) is 0 Å². The Bertz CT molecular complexity index is 819. The van der Waals surface area contributed by atoms with Crippen LogP contribution in [0, 0.1) is 0 Å². The molecule has 2 heterocycles. The highest BCUT2D eigenvalue weighted by atomic mass is 16.7. The highest BCUT2D eigenvalue weighted by Crippen LogP contribution is 2.52. The Labute approximate surface area is 166 Å². The molecular weight excluding hydrogens is 354 g/mol. The summed E-state index contributed by atoms with van der Waals surface area (Å²) >= 11 is 0. The van der Waals surface area contributed by atoms with E-state index in [1.54, 1.807) is 0 Å².